The molecular formula is C15H12BrN3O3S. The number of pyridine rings is 1. The first-order valence-corrected chi connectivity index (χ1v) is 8.00. The maximum Gasteiger partial charge on any atom is 0.266 e. The number of anilines is 1. The fourth-order valence-corrected chi connectivity index (χ4v) is 2.72. The molecule has 6 nitrogen and oxygen atoms in total. The average Bonchev–Trinajstić information content (AvgIpc) is 2.87. The highest BCUT2D eigenvalue weighted by Crippen LogP contribution is 2.18. The Bertz CT molecular complexity index is 989. The summed E-state index contributed by atoms with van der Waals surface area (Å²) in [5.41, 5.74) is 1.82. The molecule has 118 valence electrons. The van der Waals surface area contributed by atoms with Crippen LogP contribution in [0.25, 0.3) is 11.1 Å². The highest BCUT2D eigenvalue weighted by atomic mass is 79.9. The lowest BCUT2D eigenvalue weighted by Gasteiger charge is -2.07. The molecule has 0 atom stereocenters. The van der Waals surface area contributed by atoms with Crippen LogP contribution >= 0.6 is 28.1 Å². The zero-order chi connectivity index (χ0) is 16.4. The Morgan fingerprint density at radius 3 is 3.00 bits per heavy atom. The summed E-state index contributed by atoms with van der Waals surface area (Å²) in [5.74, 6) is -0.189. The molecule has 3 aromatic rings. The van der Waals surface area contributed by atoms with Crippen LogP contribution in [0.1, 0.15) is 6.42 Å². The van der Waals surface area contributed by atoms with Gasteiger partial charge >= 0.3 is 0 Å². The normalized spacial score (nSPS) is 10.8. The molecule has 8 heteroatoms. The smallest absolute Gasteiger partial charge is 0.266 e. The number of benzene rings is 1. The number of aryl methyl sites for hydroxylation is 1. The Labute approximate surface area is 144 Å². The highest BCUT2D eigenvalue weighted by Gasteiger charge is 2.06. The maximum absolute atomic E-state index is 12.0. The monoisotopic (exact) mass is 393 g/mol. The molecule has 1 aromatic carbocycles. The molecule has 1 amide bonds. The van der Waals surface area contributed by atoms with E-state index in [0.717, 1.165) is 9.99 Å². The van der Waals surface area contributed by atoms with Crippen LogP contribution in [0.3, 0.4) is 0 Å². The molecule has 2 N–H and O–H groups in total. The van der Waals surface area contributed by atoms with Crippen LogP contribution in [-0.4, -0.2) is 15.5 Å². The number of H-pyrrole nitrogens is 1. The molecule has 0 spiro atoms. The minimum atomic E-state index is -0.189. The van der Waals surface area contributed by atoms with Crippen molar-refractivity contribution in [3.05, 3.63) is 56.2 Å². The third-order valence-corrected chi connectivity index (χ3v) is 3.89. The number of carbonyl (C=O) groups is 1. The number of rotatable bonds is 4. The van der Waals surface area contributed by atoms with Gasteiger partial charge in [0.15, 0.2) is 5.58 Å². The number of hydrogen-bond donors (Lipinski definition) is 2. The minimum absolute atomic E-state index is 0.147. The molecule has 2 aromatic heterocycles. The van der Waals surface area contributed by atoms with E-state index in [0.29, 0.717) is 17.8 Å². The summed E-state index contributed by atoms with van der Waals surface area (Å²) in [6, 6.07) is 8.36. The number of nitrogens with one attached hydrogen (secondary N) is 2. The summed E-state index contributed by atoms with van der Waals surface area (Å²) in [7, 11) is 0. The van der Waals surface area contributed by atoms with Gasteiger partial charge in [-0.15, -0.1) is 0 Å². The van der Waals surface area contributed by atoms with Gasteiger partial charge in [0.2, 0.25) is 5.91 Å². The van der Waals surface area contributed by atoms with Crippen molar-refractivity contribution in [3.63, 3.8) is 0 Å². The lowest BCUT2D eigenvalue weighted by Crippen LogP contribution is -2.22. The molecule has 3 rings (SSSR count). The van der Waals surface area contributed by atoms with Crippen molar-refractivity contribution in [1.82, 2.24) is 9.55 Å². The van der Waals surface area contributed by atoms with Crippen molar-refractivity contribution < 1.29 is 9.21 Å². The Morgan fingerprint density at radius 1 is 1.35 bits per heavy atom. The first-order chi connectivity index (χ1) is 11.0. The fraction of sp³-hybridized carbons (Fsp3) is 0.133. The van der Waals surface area contributed by atoms with E-state index in [9.17, 15) is 9.59 Å². The minimum Gasteiger partial charge on any atom is -0.429 e. The van der Waals surface area contributed by atoms with Crippen molar-refractivity contribution >= 4 is 50.8 Å². The van der Waals surface area contributed by atoms with E-state index in [2.05, 4.69) is 26.2 Å². The SMILES string of the molecule is O=C(CCn1cc(Br)ccc1=O)Nc1ccc2[nH]c(=S)oc2c1. The fourth-order valence-electron chi connectivity index (χ4n) is 2.15. The van der Waals surface area contributed by atoms with Gasteiger partial charge in [0.1, 0.15) is 0 Å². The average molecular weight is 394 g/mol. The number of amides is 1. The first kappa shape index (κ1) is 15.7. The summed E-state index contributed by atoms with van der Waals surface area (Å²) in [4.78, 5) is 26.9. The van der Waals surface area contributed by atoms with Gasteiger partial charge in [-0.2, -0.15) is 0 Å². The second-order valence-electron chi connectivity index (χ2n) is 4.90. The summed E-state index contributed by atoms with van der Waals surface area (Å²) in [6.07, 6.45) is 1.84. The molecule has 0 radical (unpaired) electrons. The zero-order valence-corrected chi connectivity index (χ0v) is 14.2. The Hall–Kier alpha value is -2.19. The summed E-state index contributed by atoms with van der Waals surface area (Å²) < 4.78 is 7.58. The van der Waals surface area contributed by atoms with Gasteiger partial charge in [0, 0.05) is 41.5 Å². The molecule has 2 heterocycles. The Morgan fingerprint density at radius 2 is 2.17 bits per heavy atom. The van der Waals surface area contributed by atoms with E-state index < -0.39 is 0 Å². The van der Waals surface area contributed by atoms with Crippen molar-refractivity contribution in [3.8, 4) is 0 Å². The lowest BCUT2D eigenvalue weighted by molar-refractivity contribution is -0.116. The van der Waals surface area contributed by atoms with Crippen LogP contribution in [0.2, 0.25) is 0 Å². The van der Waals surface area contributed by atoms with E-state index in [1.807, 2.05) is 0 Å². The van der Waals surface area contributed by atoms with E-state index in [-0.39, 0.29) is 22.7 Å². The Balaban J connectivity index is 1.67. The number of carbonyl (C=O) groups excluding carboxylic acids is 1. The quantitative estimate of drug-likeness (QED) is 0.665. The standard InChI is InChI=1S/C15H12BrN3O3S/c16-9-1-4-14(21)19(8-9)6-5-13(20)17-10-2-3-11-12(7-10)22-15(23)18-11/h1-4,7-8H,5-6H2,(H,17,20)(H,18,23). The predicted molar refractivity (Wildman–Crippen MR) is 93.0 cm³/mol. The summed E-state index contributed by atoms with van der Waals surface area (Å²) in [6.45, 7) is 0.303. The van der Waals surface area contributed by atoms with E-state index in [1.165, 1.54) is 10.6 Å². The van der Waals surface area contributed by atoms with Crippen molar-refractivity contribution in [1.29, 1.82) is 0 Å². The van der Waals surface area contributed by atoms with Crippen molar-refractivity contribution in [2.24, 2.45) is 0 Å². The van der Waals surface area contributed by atoms with Crippen LogP contribution in [0.5, 0.6) is 0 Å². The van der Waals surface area contributed by atoms with Gasteiger partial charge in [-0.05, 0) is 46.3 Å². The van der Waals surface area contributed by atoms with Gasteiger partial charge in [-0.1, -0.05) is 0 Å². The maximum atomic E-state index is 12.0. The second kappa shape index (κ2) is 6.51. The van der Waals surface area contributed by atoms with E-state index in [1.54, 1.807) is 30.5 Å². The molecule has 23 heavy (non-hydrogen) atoms. The second-order valence-corrected chi connectivity index (χ2v) is 6.19. The van der Waals surface area contributed by atoms with Gasteiger partial charge in [-0.25, -0.2) is 0 Å². The third-order valence-electron chi connectivity index (χ3n) is 3.23. The number of halogens is 1. The number of aromatic amines is 1. The van der Waals surface area contributed by atoms with E-state index in [4.69, 9.17) is 16.6 Å². The molecule has 0 aliphatic heterocycles. The largest absolute Gasteiger partial charge is 0.429 e. The molecule has 0 saturated carbocycles. The van der Waals surface area contributed by atoms with Crippen LogP contribution in [0.15, 0.2) is 50.2 Å². The van der Waals surface area contributed by atoms with Crippen molar-refractivity contribution in [2.45, 2.75) is 13.0 Å². The first-order valence-electron chi connectivity index (χ1n) is 6.80. The molecule has 0 aliphatic rings. The molecule has 0 aliphatic carbocycles. The number of oxazole rings is 1. The zero-order valence-electron chi connectivity index (χ0n) is 11.8. The summed E-state index contributed by atoms with van der Waals surface area (Å²) in [5, 5.41) is 2.77. The number of nitrogens with zero attached hydrogens (tertiary/aromatic N) is 1. The van der Waals surface area contributed by atoms with Crippen LogP contribution in [0.4, 0.5) is 5.69 Å². The number of aromatic nitrogens is 2. The predicted octanol–water partition coefficient (Wildman–Crippen LogP) is 3.44. The third kappa shape index (κ3) is 3.77. The molecule has 0 unspecified atom stereocenters. The highest BCUT2D eigenvalue weighted by molar-refractivity contribution is 9.10. The van der Waals surface area contributed by atoms with Gasteiger partial charge in [-0.3, -0.25) is 9.59 Å². The van der Waals surface area contributed by atoms with Gasteiger partial charge in [0.05, 0.1) is 5.52 Å². The van der Waals surface area contributed by atoms with Crippen LogP contribution in [-0.2, 0) is 11.3 Å². The Kier molecular flexibility index (Phi) is 4.44. The van der Waals surface area contributed by atoms with Crippen LogP contribution < -0.4 is 10.9 Å². The molecule has 0 saturated heterocycles. The summed E-state index contributed by atoms with van der Waals surface area (Å²) >= 11 is 8.22. The van der Waals surface area contributed by atoms with Crippen LogP contribution in [0, 0.1) is 4.84 Å². The van der Waals surface area contributed by atoms with E-state index >= 15 is 0 Å². The number of fused-ring (bicyclic) bond motifs is 1. The number of hydrogen-bond acceptors (Lipinski definition) is 4. The lowest BCUT2D eigenvalue weighted by atomic mass is 10.2. The van der Waals surface area contributed by atoms with Crippen molar-refractivity contribution in [2.75, 3.05) is 5.32 Å². The van der Waals surface area contributed by atoms with Gasteiger partial charge in [0.25, 0.3) is 10.4 Å². The van der Waals surface area contributed by atoms with Gasteiger partial charge < -0.3 is 19.3 Å². The molecule has 0 bridgehead atoms. The topological polar surface area (TPSA) is 80.0 Å². The molecule has 0 fully saturated rings. The molecular weight excluding hydrogens is 382 g/mol.